The molecule has 27 heavy (non-hydrogen) atoms. The van der Waals surface area contributed by atoms with Crippen molar-refractivity contribution in [3.63, 3.8) is 0 Å². The van der Waals surface area contributed by atoms with E-state index < -0.39 is 24.1 Å². The predicted octanol–water partition coefficient (Wildman–Crippen LogP) is 5.43. The highest BCUT2D eigenvalue weighted by molar-refractivity contribution is 5.86. The molecule has 0 radical (unpaired) electrons. The maximum absolute atomic E-state index is 13.9. The van der Waals surface area contributed by atoms with Crippen LogP contribution in [0.25, 0.3) is 0 Å². The van der Waals surface area contributed by atoms with Crippen molar-refractivity contribution in [2.45, 2.75) is 96.8 Å². The fourth-order valence-electron chi connectivity index (χ4n) is 3.82. The second-order valence-electron chi connectivity index (χ2n) is 8.32. The number of carboxylic acid groups (broad SMARTS) is 1. The van der Waals surface area contributed by atoms with Crippen LogP contribution < -0.4 is 0 Å². The van der Waals surface area contributed by atoms with Crippen molar-refractivity contribution in [2.75, 3.05) is 0 Å². The van der Waals surface area contributed by atoms with Crippen molar-refractivity contribution >= 4 is 17.5 Å². The minimum Gasteiger partial charge on any atom is -0.481 e. The Morgan fingerprint density at radius 3 is 2.41 bits per heavy atom. The lowest BCUT2D eigenvalue weighted by atomic mass is 9.85. The lowest BCUT2D eigenvalue weighted by Crippen LogP contribution is -2.29. The van der Waals surface area contributed by atoms with E-state index in [1.165, 1.54) is 0 Å². The van der Waals surface area contributed by atoms with E-state index in [2.05, 4.69) is 0 Å². The molecule has 0 amide bonds. The monoisotopic (exact) mass is 388 g/mol. The Kier molecular flexibility index (Phi) is 10.1. The Labute approximate surface area is 161 Å². The summed E-state index contributed by atoms with van der Waals surface area (Å²) in [6.45, 7) is 3.72. The smallest absolute Gasteiger partial charge is 0.305 e. The summed E-state index contributed by atoms with van der Waals surface area (Å²) in [7, 11) is 0. The van der Waals surface area contributed by atoms with Crippen LogP contribution in [0.2, 0.25) is 0 Å². The van der Waals surface area contributed by atoms with Crippen LogP contribution in [0.3, 0.4) is 0 Å². The first kappa shape index (κ1) is 23.7. The molecular weight excluding hydrogens is 354 g/mol. The first-order valence-corrected chi connectivity index (χ1v) is 10.3. The normalized spacial score (nSPS) is 20.4. The molecule has 156 valence electrons. The first-order chi connectivity index (χ1) is 12.6. The molecule has 1 aliphatic carbocycles. The van der Waals surface area contributed by atoms with Crippen molar-refractivity contribution in [2.24, 2.45) is 17.8 Å². The average molecular weight is 388 g/mol. The number of hydrogen-bond acceptors (Lipinski definition) is 3. The van der Waals surface area contributed by atoms with E-state index in [9.17, 15) is 23.2 Å². The zero-order valence-electron chi connectivity index (χ0n) is 16.6. The number of unbranched alkanes of at least 4 members (excludes halogenated alkanes) is 3. The number of halogens is 2. The topological polar surface area (TPSA) is 71.4 Å². The van der Waals surface area contributed by atoms with E-state index in [-0.39, 0.29) is 36.4 Å². The van der Waals surface area contributed by atoms with Crippen LogP contribution in [0.15, 0.2) is 0 Å². The van der Waals surface area contributed by atoms with Gasteiger partial charge in [0.1, 0.15) is 5.78 Å². The van der Waals surface area contributed by atoms with Gasteiger partial charge in [-0.15, -0.1) is 0 Å². The lowest BCUT2D eigenvalue weighted by molar-refractivity contribution is -0.144. The molecule has 0 aromatic rings. The summed E-state index contributed by atoms with van der Waals surface area (Å²) in [6.07, 6.45) is 5.35. The van der Waals surface area contributed by atoms with E-state index in [0.29, 0.717) is 38.5 Å². The highest BCUT2D eigenvalue weighted by Gasteiger charge is 2.39. The molecule has 0 bridgehead atoms. The summed E-state index contributed by atoms with van der Waals surface area (Å²) in [5, 5.41) is 8.61. The third kappa shape index (κ3) is 8.93. The second kappa shape index (κ2) is 11.5. The third-order valence-corrected chi connectivity index (χ3v) is 5.59. The van der Waals surface area contributed by atoms with Gasteiger partial charge in [-0.25, -0.2) is 0 Å². The summed E-state index contributed by atoms with van der Waals surface area (Å²) in [6, 6.07) is 0. The largest absolute Gasteiger partial charge is 0.481 e. The number of hydrogen-bond donors (Lipinski definition) is 1. The van der Waals surface area contributed by atoms with Gasteiger partial charge in [0.2, 0.25) is 5.78 Å². The number of Topliss-reactive ketones (excluding diaryl/α,β-unsaturated/α-hetero) is 2. The van der Waals surface area contributed by atoms with Crippen molar-refractivity contribution in [1.29, 1.82) is 0 Å². The summed E-state index contributed by atoms with van der Waals surface area (Å²) < 4.78 is 27.9. The summed E-state index contributed by atoms with van der Waals surface area (Å²) in [5.41, 5.74) is 0. The van der Waals surface area contributed by atoms with E-state index in [1.807, 2.05) is 13.8 Å². The highest BCUT2D eigenvalue weighted by Crippen LogP contribution is 2.37. The quantitative estimate of drug-likeness (QED) is 0.403. The van der Waals surface area contributed by atoms with Gasteiger partial charge in [-0.1, -0.05) is 33.1 Å². The summed E-state index contributed by atoms with van der Waals surface area (Å²) in [5.74, 6) is -4.82. The molecule has 6 heteroatoms. The third-order valence-electron chi connectivity index (χ3n) is 5.59. The Balaban J connectivity index is 2.36. The molecule has 0 unspecified atom stereocenters. The molecule has 0 aliphatic heterocycles. The number of ketones is 2. The Morgan fingerprint density at radius 1 is 1.11 bits per heavy atom. The van der Waals surface area contributed by atoms with Crippen molar-refractivity contribution in [3.8, 4) is 0 Å². The van der Waals surface area contributed by atoms with Gasteiger partial charge in [0, 0.05) is 31.6 Å². The van der Waals surface area contributed by atoms with Crippen molar-refractivity contribution < 1.29 is 28.3 Å². The Morgan fingerprint density at radius 2 is 1.78 bits per heavy atom. The molecule has 1 fully saturated rings. The number of rotatable bonds is 14. The van der Waals surface area contributed by atoms with Crippen LogP contribution >= 0.6 is 0 Å². The van der Waals surface area contributed by atoms with E-state index in [0.717, 1.165) is 19.3 Å². The number of alkyl halides is 2. The first-order valence-electron chi connectivity index (χ1n) is 10.3. The van der Waals surface area contributed by atoms with Crippen LogP contribution in [-0.2, 0) is 14.4 Å². The minimum atomic E-state index is -3.26. The second-order valence-corrected chi connectivity index (χ2v) is 8.32. The van der Waals surface area contributed by atoms with Gasteiger partial charge in [0.15, 0.2) is 0 Å². The number of carboxylic acids is 1. The van der Waals surface area contributed by atoms with E-state index in [4.69, 9.17) is 5.11 Å². The zero-order valence-corrected chi connectivity index (χ0v) is 16.6. The van der Waals surface area contributed by atoms with Crippen LogP contribution in [0.4, 0.5) is 8.78 Å². The van der Waals surface area contributed by atoms with Crippen LogP contribution in [0.1, 0.15) is 90.9 Å². The number of aliphatic carboxylic acids is 1. The molecule has 2 atom stereocenters. The van der Waals surface area contributed by atoms with Gasteiger partial charge < -0.3 is 5.11 Å². The molecule has 1 rings (SSSR count). The maximum atomic E-state index is 13.9. The van der Waals surface area contributed by atoms with Gasteiger partial charge in [-0.2, -0.15) is 8.78 Å². The Bertz CT molecular complexity index is 502. The summed E-state index contributed by atoms with van der Waals surface area (Å²) >= 11 is 0. The molecule has 4 nitrogen and oxygen atoms in total. The molecule has 1 N–H and O–H groups in total. The number of carbonyl (C=O) groups excluding carboxylic acids is 2. The average Bonchev–Trinajstić information content (AvgIpc) is 2.93. The fourth-order valence-corrected chi connectivity index (χ4v) is 3.82. The standard InChI is InChI=1S/C21H34F2O4/c1-15(2)13-14-21(22,23)19(25)12-10-16-9-11-18(24)17(16)7-5-3-4-6-8-20(26)27/h15-17H,3-14H2,1-2H3,(H,26,27)/t16-,17-/m1/s1. The van der Waals surface area contributed by atoms with Gasteiger partial charge in [0.05, 0.1) is 0 Å². The molecule has 0 aromatic heterocycles. The molecule has 1 aliphatic rings. The molecular formula is C21H34F2O4. The van der Waals surface area contributed by atoms with Crippen molar-refractivity contribution in [1.82, 2.24) is 0 Å². The van der Waals surface area contributed by atoms with E-state index in [1.54, 1.807) is 0 Å². The molecule has 1 saturated carbocycles. The maximum Gasteiger partial charge on any atom is 0.305 e. The van der Waals surface area contributed by atoms with Crippen molar-refractivity contribution in [3.05, 3.63) is 0 Å². The molecule has 0 aromatic carbocycles. The highest BCUT2D eigenvalue weighted by atomic mass is 19.3. The molecule has 0 heterocycles. The lowest BCUT2D eigenvalue weighted by Gasteiger charge is -2.20. The van der Waals surface area contributed by atoms with Gasteiger partial charge in [0.25, 0.3) is 0 Å². The van der Waals surface area contributed by atoms with Crippen LogP contribution in [-0.4, -0.2) is 28.6 Å². The van der Waals surface area contributed by atoms with Crippen LogP contribution in [0, 0.1) is 17.8 Å². The Hall–Kier alpha value is -1.33. The summed E-state index contributed by atoms with van der Waals surface area (Å²) in [4.78, 5) is 34.5. The van der Waals surface area contributed by atoms with Gasteiger partial charge in [-0.05, 0) is 43.9 Å². The van der Waals surface area contributed by atoms with Gasteiger partial charge >= 0.3 is 11.9 Å². The minimum absolute atomic E-state index is 0.0290. The SMILES string of the molecule is CC(C)CCC(F)(F)C(=O)CC[C@H]1CCC(=O)[C@@H]1CCCCCCC(=O)O. The van der Waals surface area contributed by atoms with Gasteiger partial charge in [-0.3, -0.25) is 14.4 Å². The zero-order chi connectivity index (χ0) is 20.4. The van der Waals surface area contributed by atoms with E-state index >= 15 is 0 Å². The molecule has 0 spiro atoms. The molecule has 0 saturated heterocycles. The van der Waals surface area contributed by atoms with Crippen LogP contribution in [0.5, 0.6) is 0 Å². The fraction of sp³-hybridized carbons (Fsp3) is 0.857. The number of carbonyl (C=O) groups is 3. The predicted molar refractivity (Wildman–Crippen MR) is 99.8 cm³/mol.